The van der Waals surface area contributed by atoms with Crippen LogP contribution in [0.5, 0.6) is 0 Å². The van der Waals surface area contributed by atoms with Crippen molar-refractivity contribution >= 4 is 0 Å². The molecule has 2 aromatic rings. The number of benzene rings is 1. The molecule has 3 heteroatoms. The second-order valence-electron chi connectivity index (χ2n) is 4.29. The zero-order chi connectivity index (χ0) is 13.5. The molecule has 19 heavy (non-hydrogen) atoms. The van der Waals surface area contributed by atoms with Crippen LogP contribution in [0.2, 0.25) is 0 Å². The highest BCUT2D eigenvalue weighted by atomic mass is 16.5. The molecule has 0 saturated heterocycles. The third-order valence-electron chi connectivity index (χ3n) is 2.76. The number of nitriles is 1. The molecular weight excluding hydrogens is 236 g/mol. The quantitative estimate of drug-likeness (QED) is 0.764. The number of hydrogen-bond acceptors (Lipinski definition) is 3. The Kier molecular flexibility index (Phi) is 4.66. The van der Waals surface area contributed by atoms with E-state index in [1.165, 1.54) is 0 Å². The van der Waals surface area contributed by atoms with Crippen molar-refractivity contribution in [1.82, 2.24) is 4.98 Å². The average molecular weight is 252 g/mol. The minimum atomic E-state index is 0.577. The van der Waals surface area contributed by atoms with E-state index in [4.69, 9.17) is 10.00 Å². The van der Waals surface area contributed by atoms with Gasteiger partial charge in [-0.1, -0.05) is 31.2 Å². The minimum Gasteiger partial charge on any atom is -0.377 e. The Morgan fingerprint density at radius 2 is 1.95 bits per heavy atom. The Bertz CT molecular complexity index is 553. The first kappa shape index (κ1) is 13.3. The van der Waals surface area contributed by atoms with Gasteiger partial charge in [-0.2, -0.15) is 5.26 Å². The third-order valence-corrected chi connectivity index (χ3v) is 2.76. The molecule has 96 valence electrons. The van der Waals surface area contributed by atoms with Crippen molar-refractivity contribution in [3.63, 3.8) is 0 Å². The summed E-state index contributed by atoms with van der Waals surface area (Å²) < 4.78 is 5.49. The number of nitrogens with zero attached hydrogens (tertiary/aromatic N) is 2. The van der Waals surface area contributed by atoms with Gasteiger partial charge in [-0.3, -0.25) is 4.98 Å². The Morgan fingerprint density at radius 3 is 2.53 bits per heavy atom. The number of aromatic nitrogens is 1. The lowest BCUT2D eigenvalue weighted by atomic mass is 10.1. The highest BCUT2D eigenvalue weighted by Gasteiger charge is 2.00. The van der Waals surface area contributed by atoms with Crippen molar-refractivity contribution in [1.29, 1.82) is 5.26 Å². The predicted molar refractivity (Wildman–Crippen MR) is 74.3 cm³/mol. The second kappa shape index (κ2) is 6.67. The normalized spacial score (nSPS) is 10.1. The van der Waals surface area contributed by atoms with E-state index in [0.717, 1.165) is 29.8 Å². The maximum absolute atomic E-state index is 8.73. The molecule has 0 fully saturated rings. The lowest BCUT2D eigenvalue weighted by molar-refractivity contribution is 0.121. The molecule has 0 aliphatic heterocycles. The number of hydrogen-bond donors (Lipinski definition) is 0. The Labute approximate surface area is 113 Å². The van der Waals surface area contributed by atoms with Gasteiger partial charge in [-0.15, -0.1) is 0 Å². The topological polar surface area (TPSA) is 45.9 Å². The summed E-state index contributed by atoms with van der Waals surface area (Å²) in [5, 5.41) is 8.73. The monoisotopic (exact) mass is 252 g/mol. The molecule has 0 atom stereocenters. The standard InChI is InChI=1S/C16H16N2O/c1-2-9-19-12-13-3-6-15(7-4-13)16-8-5-14(10-17)11-18-16/h3-8,11H,2,9,12H2,1H3. The Morgan fingerprint density at radius 1 is 1.16 bits per heavy atom. The molecule has 0 bridgehead atoms. The maximum atomic E-state index is 8.73. The molecule has 0 spiro atoms. The SMILES string of the molecule is CCCOCc1ccc(-c2ccc(C#N)cn2)cc1. The van der Waals surface area contributed by atoms with Crippen LogP contribution in [0.4, 0.5) is 0 Å². The van der Waals surface area contributed by atoms with E-state index in [1.807, 2.05) is 30.3 Å². The summed E-state index contributed by atoms with van der Waals surface area (Å²) in [7, 11) is 0. The van der Waals surface area contributed by atoms with Gasteiger partial charge in [0, 0.05) is 18.4 Å². The van der Waals surface area contributed by atoms with E-state index in [9.17, 15) is 0 Å². The van der Waals surface area contributed by atoms with Gasteiger partial charge in [0.05, 0.1) is 17.9 Å². The van der Waals surface area contributed by atoms with E-state index in [0.29, 0.717) is 12.2 Å². The molecule has 0 radical (unpaired) electrons. The predicted octanol–water partition coefficient (Wildman–Crippen LogP) is 3.55. The van der Waals surface area contributed by atoms with Crippen LogP contribution >= 0.6 is 0 Å². The van der Waals surface area contributed by atoms with Gasteiger partial charge in [0.1, 0.15) is 6.07 Å². The van der Waals surface area contributed by atoms with Crippen LogP contribution in [0.3, 0.4) is 0 Å². The van der Waals surface area contributed by atoms with Crippen LogP contribution in [0.1, 0.15) is 24.5 Å². The van der Waals surface area contributed by atoms with E-state index in [-0.39, 0.29) is 0 Å². The Hall–Kier alpha value is -2.18. The van der Waals surface area contributed by atoms with Crippen LogP contribution in [-0.2, 0) is 11.3 Å². The zero-order valence-electron chi connectivity index (χ0n) is 11.0. The lowest BCUT2D eigenvalue weighted by Crippen LogP contribution is -1.94. The van der Waals surface area contributed by atoms with Gasteiger partial charge in [0.25, 0.3) is 0 Å². The Balaban J connectivity index is 2.07. The summed E-state index contributed by atoms with van der Waals surface area (Å²) in [4.78, 5) is 4.27. The first-order chi connectivity index (χ1) is 9.33. The third kappa shape index (κ3) is 3.64. The molecule has 1 aromatic heterocycles. The van der Waals surface area contributed by atoms with Crippen molar-refractivity contribution in [2.24, 2.45) is 0 Å². The molecular formula is C16H16N2O. The maximum Gasteiger partial charge on any atom is 0.101 e. The largest absolute Gasteiger partial charge is 0.377 e. The van der Waals surface area contributed by atoms with Gasteiger partial charge in [-0.05, 0) is 24.1 Å². The summed E-state index contributed by atoms with van der Waals surface area (Å²) >= 11 is 0. The lowest BCUT2D eigenvalue weighted by Gasteiger charge is -2.05. The van der Waals surface area contributed by atoms with Crippen LogP contribution in [0, 0.1) is 11.3 Å². The van der Waals surface area contributed by atoms with Crippen LogP contribution < -0.4 is 0 Å². The first-order valence-corrected chi connectivity index (χ1v) is 6.36. The number of ether oxygens (including phenoxy) is 1. The molecule has 1 aromatic carbocycles. The van der Waals surface area contributed by atoms with E-state index in [1.54, 1.807) is 12.3 Å². The highest BCUT2D eigenvalue weighted by molar-refractivity contribution is 5.59. The molecule has 0 amide bonds. The zero-order valence-corrected chi connectivity index (χ0v) is 11.0. The van der Waals surface area contributed by atoms with Crippen molar-refractivity contribution in [2.75, 3.05) is 6.61 Å². The summed E-state index contributed by atoms with van der Waals surface area (Å²) in [5.74, 6) is 0. The van der Waals surface area contributed by atoms with Crippen molar-refractivity contribution in [3.8, 4) is 17.3 Å². The molecule has 1 heterocycles. The molecule has 0 aliphatic carbocycles. The summed E-state index contributed by atoms with van der Waals surface area (Å²) in [6.45, 7) is 3.54. The van der Waals surface area contributed by atoms with Crippen molar-refractivity contribution in [2.45, 2.75) is 20.0 Å². The van der Waals surface area contributed by atoms with Gasteiger partial charge in [0.15, 0.2) is 0 Å². The van der Waals surface area contributed by atoms with Crippen molar-refractivity contribution in [3.05, 3.63) is 53.7 Å². The van der Waals surface area contributed by atoms with Crippen molar-refractivity contribution < 1.29 is 4.74 Å². The summed E-state index contributed by atoms with van der Waals surface area (Å²) in [6.07, 6.45) is 2.63. The fourth-order valence-corrected chi connectivity index (χ4v) is 1.74. The van der Waals surface area contributed by atoms with Crippen LogP contribution in [-0.4, -0.2) is 11.6 Å². The molecule has 2 rings (SSSR count). The van der Waals surface area contributed by atoms with Crippen LogP contribution in [0.25, 0.3) is 11.3 Å². The number of rotatable bonds is 5. The summed E-state index contributed by atoms with van der Waals surface area (Å²) in [6, 6.07) is 13.9. The first-order valence-electron chi connectivity index (χ1n) is 6.36. The molecule has 0 aliphatic rings. The fourth-order valence-electron chi connectivity index (χ4n) is 1.74. The fraction of sp³-hybridized carbons (Fsp3) is 0.250. The molecule has 0 unspecified atom stereocenters. The van der Waals surface area contributed by atoms with Gasteiger partial charge >= 0.3 is 0 Å². The summed E-state index contributed by atoms with van der Waals surface area (Å²) in [5.41, 5.74) is 3.66. The van der Waals surface area contributed by atoms with E-state index < -0.39 is 0 Å². The van der Waals surface area contributed by atoms with Gasteiger partial charge in [-0.25, -0.2) is 0 Å². The van der Waals surface area contributed by atoms with Gasteiger partial charge in [0.2, 0.25) is 0 Å². The van der Waals surface area contributed by atoms with Gasteiger partial charge < -0.3 is 4.74 Å². The average Bonchev–Trinajstić information content (AvgIpc) is 2.48. The second-order valence-corrected chi connectivity index (χ2v) is 4.29. The molecule has 0 saturated carbocycles. The highest BCUT2D eigenvalue weighted by Crippen LogP contribution is 2.18. The van der Waals surface area contributed by atoms with E-state index in [2.05, 4.69) is 18.0 Å². The van der Waals surface area contributed by atoms with Crippen LogP contribution in [0.15, 0.2) is 42.6 Å². The number of pyridine rings is 1. The molecule has 0 N–H and O–H groups in total. The molecule has 3 nitrogen and oxygen atoms in total. The minimum absolute atomic E-state index is 0.577. The smallest absolute Gasteiger partial charge is 0.101 e. The van der Waals surface area contributed by atoms with E-state index >= 15 is 0 Å².